The molecule has 0 heterocycles. The average Bonchev–Trinajstić information content (AvgIpc) is 2.46. The highest BCUT2D eigenvalue weighted by molar-refractivity contribution is 7.95. The molecule has 3 nitrogen and oxygen atoms in total. The van der Waals surface area contributed by atoms with Crippen molar-refractivity contribution < 1.29 is 12.6 Å². The SMILES string of the molecule is Cc1ccc([S@](=O)/C=C/S(=O)(=O)c2ccc(C)cc2)cc1. The second-order valence-corrected chi connectivity index (χ2v) is 7.91. The molecule has 0 aliphatic rings. The summed E-state index contributed by atoms with van der Waals surface area (Å²) < 4.78 is 36.3. The topological polar surface area (TPSA) is 51.2 Å². The van der Waals surface area contributed by atoms with Crippen molar-refractivity contribution in [1.82, 2.24) is 0 Å². The van der Waals surface area contributed by atoms with Crippen molar-refractivity contribution in [3.05, 3.63) is 70.5 Å². The summed E-state index contributed by atoms with van der Waals surface area (Å²) in [5.41, 5.74) is 2.05. The molecule has 2 aromatic carbocycles. The first kappa shape index (κ1) is 15.7. The van der Waals surface area contributed by atoms with Crippen LogP contribution in [0.4, 0.5) is 0 Å². The third-order valence-electron chi connectivity index (χ3n) is 2.96. The first-order valence-electron chi connectivity index (χ1n) is 6.36. The van der Waals surface area contributed by atoms with Gasteiger partial charge in [-0.2, -0.15) is 0 Å². The minimum atomic E-state index is -3.56. The van der Waals surface area contributed by atoms with Gasteiger partial charge in [0.2, 0.25) is 0 Å². The van der Waals surface area contributed by atoms with Gasteiger partial charge in [-0.3, -0.25) is 0 Å². The highest BCUT2D eigenvalue weighted by Gasteiger charge is 2.10. The predicted octanol–water partition coefficient (Wildman–Crippen LogP) is 3.36. The van der Waals surface area contributed by atoms with E-state index in [2.05, 4.69) is 0 Å². The van der Waals surface area contributed by atoms with Crippen molar-refractivity contribution >= 4 is 20.6 Å². The van der Waals surface area contributed by atoms with Crippen LogP contribution < -0.4 is 0 Å². The van der Waals surface area contributed by atoms with E-state index in [9.17, 15) is 12.6 Å². The van der Waals surface area contributed by atoms with Gasteiger partial charge in [0.15, 0.2) is 9.84 Å². The van der Waals surface area contributed by atoms with Crippen molar-refractivity contribution in [3.63, 3.8) is 0 Å². The summed E-state index contributed by atoms with van der Waals surface area (Å²) in [6.07, 6.45) is 0. The van der Waals surface area contributed by atoms with Crippen molar-refractivity contribution in [3.8, 4) is 0 Å². The molecule has 0 bridgehead atoms. The lowest BCUT2D eigenvalue weighted by atomic mass is 10.2. The minimum absolute atomic E-state index is 0.199. The number of sulfone groups is 1. The molecular weight excluding hydrogens is 304 g/mol. The van der Waals surface area contributed by atoms with E-state index < -0.39 is 20.6 Å². The van der Waals surface area contributed by atoms with Crippen LogP contribution in [0, 0.1) is 13.8 Å². The van der Waals surface area contributed by atoms with Crippen LogP contribution in [0.3, 0.4) is 0 Å². The van der Waals surface area contributed by atoms with Crippen molar-refractivity contribution in [2.24, 2.45) is 0 Å². The summed E-state index contributed by atoms with van der Waals surface area (Å²) in [5, 5.41) is 2.22. The zero-order valence-electron chi connectivity index (χ0n) is 11.8. The molecule has 0 saturated heterocycles. The van der Waals surface area contributed by atoms with Gasteiger partial charge in [-0.25, -0.2) is 12.6 Å². The highest BCUT2D eigenvalue weighted by atomic mass is 32.2. The second-order valence-electron chi connectivity index (χ2n) is 4.74. The van der Waals surface area contributed by atoms with E-state index in [0.717, 1.165) is 16.5 Å². The number of aryl methyl sites for hydroxylation is 2. The fourth-order valence-electron chi connectivity index (χ4n) is 1.68. The molecule has 0 aliphatic carbocycles. The van der Waals surface area contributed by atoms with Gasteiger partial charge < -0.3 is 0 Å². The normalized spacial score (nSPS) is 13.4. The Balaban J connectivity index is 2.21. The van der Waals surface area contributed by atoms with E-state index in [1.165, 1.54) is 5.41 Å². The van der Waals surface area contributed by atoms with Crippen LogP contribution in [-0.4, -0.2) is 12.6 Å². The summed E-state index contributed by atoms with van der Waals surface area (Å²) in [6, 6.07) is 13.7. The van der Waals surface area contributed by atoms with E-state index in [1.807, 2.05) is 26.0 Å². The van der Waals surface area contributed by atoms with Crippen molar-refractivity contribution in [2.45, 2.75) is 23.6 Å². The molecule has 1 atom stereocenters. The molecule has 0 fully saturated rings. The Hall–Kier alpha value is -1.72. The Labute approximate surface area is 127 Å². The summed E-state index contributed by atoms with van der Waals surface area (Å²) in [4.78, 5) is 0.779. The lowest BCUT2D eigenvalue weighted by Crippen LogP contribution is -1.97. The van der Waals surface area contributed by atoms with E-state index in [-0.39, 0.29) is 4.90 Å². The lowest BCUT2D eigenvalue weighted by Gasteiger charge is -2.00. The summed E-state index contributed by atoms with van der Waals surface area (Å²) in [7, 11) is -5.04. The third-order valence-corrected chi connectivity index (χ3v) is 5.68. The summed E-state index contributed by atoms with van der Waals surface area (Å²) >= 11 is 0. The number of hydrogen-bond donors (Lipinski definition) is 0. The van der Waals surface area contributed by atoms with Gasteiger partial charge in [0, 0.05) is 15.7 Å². The number of hydrogen-bond acceptors (Lipinski definition) is 3. The van der Waals surface area contributed by atoms with Gasteiger partial charge in [0.05, 0.1) is 15.7 Å². The molecule has 0 radical (unpaired) electrons. The van der Waals surface area contributed by atoms with E-state index in [4.69, 9.17) is 0 Å². The predicted molar refractivity (Wildman–Crippen MR) is 85.1 cm³/mol. The quantitative estimate of drug-likeness (QED) is 0.868. The molecule has 0 saturated carbocycles. The maximum Gasteiger partial charge on any atom is 0.200 e. The first-order valence-corrected chi connectivity index (χ1v) is 9.12. The van der Waals surface area contributed by atoms with Crippen LogP contribution in [0.25, 0.3) is 0 Å². The van der Waals surface area contributed by atoms with Crippen LogP contribution in [0.2, 0.25) is 0 Å². The van der Waals surface area contributed by atoms with Gasteiger partial charge in [0.1, 0.15) is 0 Å². The van der Waals surface area contributed by atoms with Gasteiger partial charge in [-0.15, -0.1) is 0 Å². The Morgan fingerprint density at radius 1 is 0.857 bits per heavy atom. The molecule has 0 spiro atoms. The Morgan fingerprint density at radius 3 is 1.86 bits per heavy atom. The number of rotatable bonds is 4. The molecule has 2 rings (SSSR count). The lowest BCUT2D eigenvalue weighted by molar-refractivity contribution is 0.604. The Kier molecular flexibility index (Phi) is 4.75. The third kappa shape index (κ3) is 4.12. The van der Waals surface area contributed by atoms with Crippen LogP contribution >= 0.6 is 0 Å². The smallest absolute Gasteiger partial charge is 0.200 e. The van der Waals surface area contributed by atoms with Crippen LogP contribution in [-0.2, 0) is 20.6 Å². The fourth-order valence-corrected chi connectivity index (χ4v) is 3.90. The highest BCUT2D eigenvalue weighted by Crippen LogP contribution is 2.15. The molecule has 21 heavy (non-hydrogen) atoms. The molecule has 0 N–H and O–H groups in total. The zero-order chi connectivity index (χ0) is 15.5. The minimum Gasteiger partial charge on any atom is -0.250 e. The maximum atomic E-state index is 12.1. The molecule has 0 aliphatic heterocycles. The Morgan fingerprint density at radius 2 is 1.33 bits per heavy atom. The average molecular weight is 320 g/mol. The van der Waals surface area contributed by atoms with E-state index in [0.29, 0.717) is 4.90 Å². The van der Waals surface area contributed by atoms with Crippen molar-refractivity contribution in [2.75, 3.05) is 0 Å². The number of benzene rings is 2. The van der Waals surface area contributed by atoms with Crippen molar-refractivity contribution in [1.29, 1.82) is 0 Å². The zero-order valence-corrected chi connectivity index (χ0v) is 13.4. The van der Waals surface area contributed by atoms with Gasteiger partial charge in [0.25, 0.3) is 0 Å². The van der Waals surface area contributed by atoms with Crippen LogP contribution in [0.5, 0.6) is 0 Å². The van der Waals surface area contributed by atoms with E-state index in [1.54, 1.807) is 36.4 Å². The van der Waals surface area contributed by atoms with Crippen LogP contribution in [0.1, 0.15) is 11.1 Å². The first-order chi connectivity index (χ1) is 9.88. The second kappa shape index (κ2) is 6.37. The fraction of sp³-hybridized carbons (Fsp3) is 0.125. The van der Waals surface area contributed by atoms with Gasteiger partial charge in [-0.05, 0) is 38.1 Å². The molecule has 0 amide bonds. The molecule has 0 aromatic heterocycles. The molecule has 2 aromatic rings. The van der Waals surface area contributed by atoms with E-state index >= 15 is 0 Å². The molecule has 5 heteroatoms. The largest absolute Gasteiger partial charge is 0.250 e. The maximum absolute atomic E-state index is 12.1. The van der Waals surface area contributed by atoms with Crippen LogP contribution in [0.15, 0.2) is 69.1 Å². The summed E-state index contributed by atoms with van der Waals surface area (Å²) in [6.45, 7) is 3.82. The van der Waals surface area contributed by atoms with Gasteiger partial charge in [-0.1, -0.05) is 35.4 Å². The monoisotopic (exact) mass is 320 g/mol. The molecular formula is C16H16O3S2. The summed E-state index contributed by atoms with van der Waals surface area (Å²) in [5.74, 6) is 0. The molecule has 110 valence electrons. The Bertz CT molecular complexity index is 771. The molecule has 0 unspecified atom stereocenters. The standard InChI is InChI=1S/C16H16O3S2/c1-13-3-7-15(8-4-13)20(17)11-12-21(18,19)16-9-5-14(2)6-10-16/h3-12H,1-2H3/b12-11+/t20-/m1/s1. The van der Waals surface area contributed by atoms with Gasteiger partial charge >= 0.3 is 0 Å².